The van der Waals surface area contributed by atoms with E-state index < -0.39 is 17.8 Å². The number of methoxy groups -OCH3 is 1. The van der Waals surface area contributed by atoms with E-state index in [4.69, 9.17) is 9.47 Å². The monoisotopic (exact) mass is 460 g/mol. The number of cyclic esters (lactones) is 1. The Morgan fingerprint density at radius 2 is 1.81 bits per heavy atom. The van der Waals surface area contributed by atoms with Crippen LogP contribution in [-0.4, -0.2) is 42.6 Å². The third kappa shape index (κ3) is 4.75. The van der Waals surface area contributed by atoms with Gasteiger partial charge in [0.15, 0.2) is 5.17 Å². The Morgan fingerprint density at radius 1 is 1.12 bits per heavy atom. The topological polar surface area (TPSA) is 77.4 Å². The van der Waals surface area contributed by atoms with Crippen LogP contribution in [-0.2, 0) is 14.3 Å². The van der Waals surface area contributed by atoms with Gasteiger partial charge in [-0.05, 0) is 48.0 Å². The molecule has 2 aromatic carbocycles. The number of amidine groups is 1. The van der Waals surface area contributed by atoms with E-state index in [9.17, 15) is 18.4 Å². The number of nitrogens with zero attached hydrogens (tertiary/aromatic N) is 2. The van der Waals surface area contributed by atoms with Gasteiger partial charge in [0.25, 0.3) is 5.91 Å². The predicted molar refractivity (Wildman–Crippen MR) is 116 cm³/mol. The van der Waals surface area contributed by atoms with Gasteiger partial charge in [-0.2, -0.15) is 8.78 Å². The van der Waals surface area contributed by atoms with Crippen LogP contribution in [0, 0.1) is 0 Å². The van der Waals surface area contributed by atoms with E-state index in [1.807, 2.05) is 0 Å². The summed E-state index contributed by atoms with van der Waals surface area (Å²) < 4.78 is 39.4. The molecule has 1 fully saturated rings. The number of alkyl halides is 2. The summed E-state index contributed by atoms with van der Waals surface area (Å²) >= 11 is 1.13. The second kappa shape index (κ2) is 9.39. The van der Waals surface area contributed by atoms with Crippen molar-refractivity contribution >= 4 is 40.6 Å². The predicted octanol–water partition coefficient (Wildman–Crippen LogP) is 4.09. The van der Waals surface area contributed by atoms with Crippen LogP contribution in [0.25, 0.3) is 6.08 Å². The summed E-state index contributed by atoms with van der Waals surface area (Å²) in [4.78, 5) is 31.0. The maximum Gasteiger partial charge on any atom is 0.387 e. The SMILES string of the molecule is COc1ccc(/C=C2/N=C(S[C@@H]3CCOC3=O)N(c3ccc(OC(F)F)cc3)C2=O)cc1. The lowest BCUT2D eigenvalue weighted by atomic mass is 10.2. The fourth-order valence-electron chi connectivity index (χ4n) is 3.15. The summed E-state index contributed by atoms with van der Waals surface area (Å²) in [6.07, 6.45) is 2.13. The van der Waals surface area contributed by atoms with Gasteiger partial charge in [0, 0.05) is 6.42 Å². The highest BCUT2D eigenvalue weighted by Gasteiger charge is 2.37. The van der Waals surface area contributed by atoms with E-state index in [2.05, 4.69) is 9.73 Å². The van der Waals surface area contributed by atoms with E-state index in [1.165, 1.54) is 29.2 Å². The molecule has 1 saturated heterocycles. The number of amides is 1. The van der Waals surface area contributed by atoms with Gasteiger partial charge >= 0.3 is 12.6 Å². The Labute approximate surface area is 186 Å². The Hall–Kier alpha value is -3.40. The van der Waals surface area contributed by atoms with Crippen molar-refractivity contribution in [1.82, 2.24) is 0 Å². The number of benzene rings is 2. The Balaban J connectivity index is 1.65. The van der Waals surface area contributed by atoms with Crippen molar-refractivity contribution in [2.75, 3.05) is 18.6 Å². The third-order valence-electron chi connectivity index (χ3n) is 4.70. The maximum absolute atomic E-state index is 13.2. The number of anilines is 1. The summed E-state index contributed by atoms with van der Waals surface area (Å²) in [5.41, 5.74) is 1.33. The highest BCUT2D eigenvalue weighted by atomic mass is 32.2. The zero-order valence-electron chi connectivity index (χ0n) is 16.9. The zero-order chi connectivity index (χ0) is 22.7. The van der Waals surface area contributed by atoms with Crippen LogP contribution in [0.1, 0.15) is 12.0 Å². The summed E-state index contributed by atoms with van der Waals surface area (Å²) in [5.74, 6) is -0.123. The van der Waals surface area contributed by atoms with Crippen molar-refractivity contribution in [3.8, 4) is 11.5 Å². The average molecular weight is 460 g/mol. The van der Waals surface area contributed by atoms with Gasteiger partial charge < -0.3 is 14.2 Å². The first-order valence-electron chi connectivity index (χ1n) is 9.61. The van der Waals surface area contributed by atoms with E-state index in [1.54, 1.807) is 37.5 Å². The molecule has 0 radical (unpaired) electrons. The Morgan fingerprint density at radius 3 is 2.41 bits per heavy atom. The van der Waals surface area contributed by atoms with Crippen molar-refractivity contribution in [2.45, 2.75) is 18.3 Å². The van der Waals surface area contributed by atoms with Crippen molar-refractivity contribution in [3.63, 3.8) is 0 Å². The van der Waals surface area contributed by atoms with E-state index >= 15 is 0 Å². The highest BCUT2D eigenvalue weighted by Crippen LogP contribution is 2.34. The largest absolute Gasteiger partial charge is 0.497 e. The number of aliphatic imine (C=N–C) groups is 1. The molecular formula is C22H18F2N2O5S. The molecule has 0 unspecified atom stereocenters. The molecule has 2 aromatic rings. The molecule has 2 aliphatic heterocycles. The van der Waals surface area contributed by atoms with E-state index in [0.29, 0.717) is 29.6 Å². The Bertz CT molecular complexity index is 1070. The minimum Gasteiger partial charge on any atom is -0.497 e. The first kappa shape index (κ1) is 21.8. The summed E-state index contributed by atoms with van der Waals surface area (Å²) in [7, 11) is 1.56. The normalized spacial score (nSPS) is 19.5. The number of hydrogen-bond donors (Lipinski definition) is 0. The molecule has 1 amide bonds. The number of carbonyl (C=O) groups is 2. The number of thioether (sulfide) groups is 1. The number of rotatable bonds is 6. The molecule has 1 atom stereocenters. The molecular weight excluding hydrogens is 442 g/mol. The summed E-state index contributed by atoms with van der Waals surface area (Å²) in [6, 6.07) is 12.7. The quantitative estimate of drug-likeness (QED) is 0.478. The maximum atomic E-state index is 13.2. The molecule has 2 heterocycles. The lowest BCUT2D eigenvalue weighted by molar-refractivity contribution is -0.137. The summed E-state index contributed by atoms with van der Waals surface area (Å²) in [5, 5.41) is -0.174. The van der Waals surface area contributed by atoms with Crippen molar-refractivity contribution in [3.05, 3.63) is 59.8 Å². The molecule has 0 spiro atoms. The molecule has 0 aliphatic carbocycles. The molecule has 7 nitrogen and oxygen atoms in total. The molecule has 2 aliphatic rings. The molecule has 0 bridgehead atoms. The fraction of sp³-hybridized carbons (Fsp3) is 0.227. The number of carbonyl (C=O) groups excluding carboxylic acids is 2. The number of halogens is 2. The minimum absolute atomic E-state index is 0.0325. The third-order valence-corrected chi connectivity index (χ3v) is 5.90. The standard InChI is InChI=1S/C22H18F2N2O5S/c1-29-15-6-2-13(3-7-15)12-17-19(27)26(14-4-8-16(9-5-14)31-21(23)24)22(25-17)32-18-10-11-30-20(18)28/h2-9,12,18,21H,10-11H2,1H3/b17-12+/t18-/m1/s1. The van der Waals surface area contributed by atoms with Crippen LogP contribution in [0.3, 0.4) is 0 Å². The van der Waals surface area contributed by atoms with Crippen LogP contribution >= 0.6 is 11.8 Å². The molecule has 4 rings (SSSR count). The smallest absolute Gasteiger partial charge is 0.387 e. The van der Waals surface area contributed by atoms with Gasteiger partial charge in [-0.3, -0.25) is 14.5 Å². The Kier molecular flexibility index (Phi) is 6.40. The minimum atomic E-state index is -2.95. The average Bonchev–Trinajstić information content (AvgIpc) is 3.32. The van der Waals surface area contributed by atoms with Gasteiger partial charge in [0.1, 0.15) is 22.4 Å². The summed E-state index contributed by atoms with van der Waals surface area (Å²) in [6.45, 7) is -2.64. The van der Waals surface area contributed by atoms with Crippen LogP contribution in [0.15, 0.2) is 59.2 Å². The number of esters is 1. The lowest BCUT2D eigenvalue weighted by Gasteiger charge is -2.19. The van der Waals surface area contributed by atoms with Gasteiger partial charge in [0.2, 0.25) is 0 Å². The van der Waals surface area contributed by atoms with Crippen molar-refractivity contribution in [2.24, 2.45) is 4.99 Å². The van der Waals surface area contributed by atoms with Crippen molar-refractivity contribution < 1.29 is 32.6 Å². The van der Waals surface area contributed by atoms with Crippen LogP contribution in [0.5, 0.6) is 11.5 Å². The lowest BCUT2D eigenvalue weighted by Crippen LogP contribution is -2.32. The van der Waals surface area contributed by atoms with Crippen molar-refractivity contribution in [1.29, 1.82) is 0 Å². The first-order chi connectivity index (χ1) is 15.4. The highest BCUT2D eigenvalue weighted by molar-refractivity contribution is 8.15. The molecule has 0 N–H and O–H groups in total. The fourth-order valence-corrected chi connectivity index (χ4v) is 4.23. The van der Waals surface area contributed by atoms with Crippen LogP contribution in [0.4, 0.5) is 14.5 Å². The van der Waals surface area contributed by atoms with Crippen LogP contribution < -0.4 is 14.4 Å². The molecule has 32 heavy (non-hydrogen) atoms. The van der Waals surface area contributed by atoms with Gasteiger partial charge in [-0.1, -0.05) is 23.9 Å². The molecule has 0 aromatic heterocycles. The second-order valence-electron chi connectivity index (χ2n) is 6.77. The molecule has 166 valence electrons. The van der Waals surface area contributed by atoms with Crippen LogP contribution in [0.2, 0.25) is 0 Å². The van der Waals surface area contributed by atoms with Gasteiger partial charge in [0.05, 0.1) is 19.4 Å². The van der Waals surface area contributed by atoms with Gasteiger partial charge in [-0.15, -0.1) is 0 Å². The molecule has 10 heteroatoms. The number of ether oxygens (including phenoxy) is 3. The molecule has 0 saturated carbocycles. The first-order valence-corrected chi connectivity index (χ1v) is 10.5. The second-order valence-corrected chi connectivity index (χ2v) is 7.94. The van der Waals surface area contributed by atoms with E-state index in [-0.39, 0.29) is 17.4 Å². The zero-order valence-corrected chi connectivity index (χ0v) is 17.7. The van der Waals surface area contributed by atoms with Gasteiger partial charge in [-0.25, -0.2) is 4.99 Å². The number of hydrogen-bond acceptors (Lipinski definition) is 7. The van der Waals surface area contributed by atoms with E-state index in [0.717, 1.165) is 17.3 Å².